The van der Waals surface area contributed by atoms with E-state index in [-0.39, 0.29) is 18.4 Å². The van der Waals surface area contributed by atoms with E-state index in [0.29, 0.717) is 13.0 Å². The van der Waals surface area contributed by atoms with Crippen LogP contribution in [0.2, 0.25) is 0 Å². The molecule has 3 aromatic rings. The largest absolute Gasteiger partial charge is 0.497 e. The minimum Gasteiger partial charge on any atom is -0.497 e. The van der Waals surface area contributed by atoms with Crippen LogP contribution in [0.3, 0.4) is 0 Å². The summed E-state index contributed by atoms with van der Waals surface area (Å²) < 4.78 is 7.38. The first kappa shape index (κ1) is 20.0. The van der Waals surface area contributed by atoms with Crippen LogP contribution in [0.25, 0.3) is 10.9 Å². The quantitative estimate of drug-likeness (QED) is 0.682. The predicted octanol–water partition coefficient (Wildman–Crippen LogP) is 3.29. The molecule has 1 amide bonds. The average Bonchev–Trinajstić information content (AvgIpc) is 3.06. The fourth-order valence-corrected chi connectivity index (χ4v) is 4.44. The zero-order valence-corrected chi connectivity index (χ0v) is 17.3. The van der Waals surface area contributed by atoms with Gasteiger partial charge in [0.1, 0.15) is 5.75 Å². The zero-order valence-electron chi connectivity index (χ0n) is 17.3. The predicted molar refractivity (Wildman–Crippen MR) is 115 cm³/mol. The Morgan fingerprint density at radius 2 is 1.87 bits per heavy atom. The molecule has 0 saturated carbocycles. The van der Waals surface area contributed by atoms with Crippen molar-refractivity contribution in [2.45, 2.75) is 38.3 Å². The molecule has 0 aliphatic carbocycles. The van der Waals surface area contributed by atoms with Gasteiger partial charge in [-0.1, -0.05) is 30.3 Å². The molecule has 1 N–H and O–H groups in total. The number of carbonyl (C=O) groups is 2. The number of carboxylic acid groups (broad SMARTS) is 1. The summed E-state index contributed by atoms with van der Waals surface area (Å²) in [6.45, 7) is 0.681. The van der Waals surface area contributed by atoms with Crippen molar-refractivity contribution in [3.63, 3.8) is 0 Å². The van der Waals surface area contributed by atoms with Crippen molar-refractivity contribution in [3.8, 4) is 5.75 Å². The van der Waals surface area contributed by atoms with E-state index < -0.39 is 5.97 Å². The molecule has 0 bridgehead atoms. The highest BCUT2D eigenvalue weighted by Gasteiger charge is 2.29. The van der Waals surface area contributed by atoms with Crippen molar-refractivity contribution in [1.29, 1.82) is 0 Å². The van der Waals surface area contributed by atoms with Crippen LogP contribution in [0.15, 0.2) is 48.5 Å². The molecule has 30 heavy (non-hydrogen) atoms. The lowest BCUT2D eigenvalue weighted by Crippen LogP contribution is -2.43. The van der Waals surface area contributed by atoms with Gasteiger partial charge in [0, 0.05) is 36.2 Å². The molecule has 2 aromatic carbocycles. The molecule has 2 heterocycles. The number of amides is 1. The normalized spacial score (nSPS) is 15.6. The van der Waals surface area contributed by atoms with Crippen LogP contribution in [-0.2, 0) is 35.4 Å². The first-order chi connectivity index (χ1) is 14.5. The first-order valence-electron chi connectivity index (χ1n) is 10.2. The Morgan fingerprint density at radius 1 is 1.13 bits per heavy atom. The van der Waals surface area contributed by atoms with Crippen molar-refractivity contribution in [3.05, 3.63) is 65.4 Å². The van der Waals surface area contributed by atoms with Gasteiger partial charge in [0.2, 0.25) is 5.91 Å². The number of para-hydroxylation sites is 1. The molecule has 4 rings (SSSR count). The molecule has 1 aliphatic heterocycles. The molecule has 0 saturated heterocycles. The second-order valence-electron chi connectivity index (χ2n) is 7.85. The minimum absolute atomic E-state index is 0.0275. The first-order valence-corrected chi connectivity index (χ1v) is 10.2. The number of nitrogens with zero attached hydrogens (tertiary/aromatic N) is 2. The van der Waals surface area contributed by atoms with Gasteiger partial charge in [-0.25, -0.2) is 0 Å². The third kappa shape index (κ3) is 3.77. The van der Waals surface area contributed by atoms with Crippen molar-refractivity contribution < 1.29 is 19.4 Å². The molecule has 6 heteroatoms. The van der Waals surface area contributed by atoms with Crippen LogP contribution >= 0.6 is 0 Å². The fourth-order valence-electron chi connectivity index (χ4n) is 4.44. The molecule has 156 valence electrons. The topological polar surface area (TPSA) is 71.8 Å². The van der Waals surface area contributed by atoms with Crippen LogP contribution in [-0.4, -0.2) is 46.6 Å². The summed E-state index contributed by atoms with van der Waals surface area (Å²) in [6.07, 6.45) is 1.97. The van der Waals surface area contributed by atoms with E-state index >= 15 is 0 Å². The highest BCUT2D eigenvalue weighted by molar-refractivity contribution is 5.89. The molecule has 0 unspecified atom stereocenters. The second-order valence-corrected chi connectivity index (χ2v) is 7.85. The highest BCUT2D eigenvalue weighted by Crippen LogP contribution is 2.32. The number of hydrogen-bond acceptors (Lipinski definition) is 3. The number of carbonyl (C=O) groups excluding carboxylic acids is 1. The summed E-state index contributed by atoms with van der Waals surface area (Å²) in [7, 11) is 3.49. The van der Waals surface area contributed by atoms with E-state index in [1.807, 2.05) is 60.5 Å². The van der Waals surface area contributed by atoms with Gasteiger partial charge in [-0.2, -0.15) is 0 Å². The Labute approximate surface area is 175 Å². The summed E-state index contributed by atoms with van der Waals surface area (Å²) in [4.78, 5) is 26.1. The smallest absolute Gasteiger partial charge is 0.307 e. The van der Waals surface area contributed by atoms with Crippen molar-refractivity contribution >= 4 is 22.8 Å². The number of fused-ring (bicyclic) bond motifs is 3. The number of aromatic nitrogens is 1. The van der Waals surface area contributed by atoms with Gasteiger partial charge in [-0.15, -0.1) is 0 Å². The molecule has 1 atom stereocenters. The van der Waals surface area contributed by atoms with Gasteiger partial charge >= 0.3 is 5.97 Å². The number of rotatable bonds is 6. The van der Waals surface area contributed by atoms with E-state index in [0.717, 1.165) is 46.3 Å². The van der Waals surface area contributed by atoms with E-state index in [9.17, 15) is 14.7 Å². The van der Waals surface area contributed by atoms with Gasteiger partial charge in [0.25, 0.3) is 0 Å². The SMILES string of the molecule is COc1ccc(CC(=O)N(C)[C@@H]2CCc3c(CC(=O)O)c4ccccc4n3C2)cc1. The second kappa shape index (κ2) is 8.22. The summed E-state index contributed by atoms with van der Waals surface area (Å²) in [5, 5.41) is 10.4. The van der Waals surface area contributed by atoms with E-state index in [4.69, 9.17) is 4.74 Å². The number of carboxylic acids is 1. The molecule has 0 spiro atoms. The molecule has 1 aliphatic rings. The Kier molecular flexibility index (Phi) is 5.48. The van der Waals surface area contributed by atoms with Gasteiger partial charge < -0.3 is 19.3 Å². The lowest BCUT2D eigenvalue weighted by atomic mass is 9.99. The van der Waals surface area contributed by atoms with Crippen molar-refractivity contribution in [2.75, 3.05) is 14.2 Å². The highest BCUT2D eigenvalue weighted by atomic mass is 16.5. The lowest BCUT2D eigenvalue weighted by molar-refractivity contribution is -0.136. The number of aliphatic carboxylic acids is 1. The van der Waals surface area contributed by atoms with Crippen LogP contribution in [0.5, 0.6) is 5.75 Å². The van der Waals surface area contributed by atoms with Gasteiger partial charge in [-0.05, 0) is 42.2 Å². The lowest BCUT2D eigenvalue weighted by Gasteiger charge is -2.33. The number of methoxy groups -OCH3 is 1. The Hall–Kier alpha value is -3.28. The number of hydrogen-bond donors (Lipinski definition) is 1. The molecule has 1 aromatic heterocycles. The van der Waals surface area contributed by atoms with Crippen molar-refractivity contribution in [2.24, 2.45) is 0 Å². The van der Waals surface area contributed by atoms with Gasteiger partial charge in [-0.3, -0.25) is 9.59 Å². The average molecular weight is 406 g/mol. The van der Waals surface area contributed by atoms with Gasteiger partial charge in [0.15, 0.2) is 0 Å². The van der Waals surface area contributed by atoms with E-state index in [2.05, 4.69) is 4.57 Å². The van der Waals surface area contributed by atoms with Crippen LogP contribution in [0.1, 0.15) is 23.2 Å². The molecule has 0 radical (unpaired) electrons. The standard InChI is InChI=1S/C24H26N2O4/c1-25(23(27)13-16-7-10-18(30-2)11-8-16)17-9-12-22-20(14-24(28)29)19-5-3-4-6-21(19)26(22)15-17/h3-8,10-11,17H,9,12-15H2,1-2H3,(H,28,29)/t17-/m1/s1. The maximum atomic E-state index is 12.9. The summed E-state index contributed by atoms with van der Waals surface area (Å²) in [6, 6.07) is 15.6. The Balaban J connectivity index is 1.54. The van der Waals surface area contributed by atoms with Gasteiger partial charge in [0.05, 0.1) is 20.0 Å². The van der Waals surface area contributed by atoms with E-state index in [1.165, 1.54) is 0 Å². The molecular weight excluding hydrogens is 380 g/mol. The summed E-state index contributed by atoms with van der Waals surface area (Å²) in [5.41, 5.74) is 4.00. The van der Waals surface area contributed by atoms with Crippen molar-refractivity contribution in [1.82, 2.24) is 9.47 Å². The molecule has 0 fully saturated rings. The maximum absolute atomic E-state index is 12.9. The third-order valence-electron chi connectivity index (χ3n) is 6.09. The number of ether oxygens (including phenoxy) is 1. The Morgan fingerprint density at radius 3 is 2.57 bits per heavy atom. The summed E-state index contributed by atoms with van der Waals surface area (Å²) >= 11 is 0. The van der Waals surface area contributed by atoms with Crippen LogP contribution < -0.4 is 4.74 Å². The van der Waals surface area contributed by atoms with E-state index in [1.54, 1.807) is 7.11 Å². The Bertz CT molecular complexity index is 1080. The summed E-state index contributed by atoms with van der Waals surface area (Å²) in [5.74, 6) is 0.0370. The molecule has 6 nitrogen and oxygen atoms in total. The number of likely N-dealkylation sites (N-methyl/N-ethyl adjacent to an activating group) is 1. The monoisotopic (exact) mass is 406 g/mol. The number of benzene rings is 2. The fraction of sp³-hybridized carbons (Fsp3) is 0.333. The molecular formula is C24H26N2O4. The third-order valence-corrected chi connectivity index (χ3v) is 6.09. The minimum atomic E-state index is -0.817. The van der Waals surface area contributed by atoms with Crippen LogP contribution in [0, 0.1) is 0 Å². The maximum Gasteiger partial charge on any atom is 0.307 e. The zero-order chi connectivity index (χ0) is 21.3. The van der Waals surface area contributed by atoms with Crippen LogP contribution in [0.4, 0.5) is 0 Å².